The fourth-order valence-corrected chi connectivity index (χ4v) is 2.87. The third-order valence-corrected chi connectivity index (χ3v) is 4.36. The van der Waals surface area contributed by atoms with Gasteiger partial charge in [-0.15, -0.1) is 0 Å². The lowest BCUT2D eigenvalue weighted by atomic mass is 9.78. The summed E-state index contributed by atoms with van der Waals surface area (Å²) in [4.78, 5) is 0.664. The van der Waals surface area contributed by atoms with Crippen LogP contribution in [0.5, 0.6) is 5.75 Å². The molecule has 0 amide bonds. The van der Waals surface area contributed by atoms with Crippen LogP contribution in [0.25, 0.3) is 0 Å². The van der Waals surface area contributed by atoms with E-state index in [0.717, 1.165) is 22.4 Å². The molecule has 128 valence electrons. The predicted octanol–water partition coefficient (Wildman–Crippen LogP) is 5.77. The van der Waals surface area contributed by atoms with Crippen molar-refractivity contribution >= 4 is 22.9 Å². The minimum Gasteiger partial charge on any atom is -0.507 e. The van der Waals surface area contributed by atoms with Crippen LogP contribution in [0.1, 0.15) is 58.2 Å². The molecule has 0 aliphatic rings. The number of anilines is 1. The molecular formula is C21H27NOS. The third kappa shape index (κ3) is 4.15. The van der Waals surface area contributed by atoms with Gasteiger partial charge in [0.1, 0.15) is 10.7 Å². The maximum atomic E-state index is 10.8. The average molecular weight is 342 g/mol. The van der Waals surface area contributed by atoms with Gasteiger partial charge in [0.05, 0.1) is 0 Å². The van der Waals surface area contributed by atoms with Gasteiger partial charge >= 0.3 is 0 Å². The Bertz CT molecular complexity index is 702. The molecule has 24 heavy (non-hydrogen) atoms. The van der Waals surface area contributed by atoms with E-state index in [9.17, 15) is 5.11 Å². The Hall–Kier alpha value is -1.87. The number of nitrogens with one attached hydrogen (secondary N) is 1. The van der Waals surface area contributed by atoms with Crippen LogP contribution in [0.15, 0.2) is 42.5 Å². The first-order chi connectivity index (χ1) is 11.0. The summed E-state index contributed by atoms with van der Waals surface area (Å²) in [6.07, 6.45) is 0. The van der Waals surface area contributed by atoms with Crippen molar-refractivity contribution in [3.63, 3.8) is 0 Å². The van der Waals surface area contributed by atoms with Gasteiger partial charge in [-0.2, -0.15) is 0 Å². The SMILES string of the molecule is CC(C)(C)c1cc(C(=S)Nc2ccccc2)cc(C(C)(C)C)c1O. The molecule has 2 N–H and O–H groups in total. The molecule has 0 aliphatic heterocycles. The van der Waals surface area contributed by atoms with Gasteiger partial charge in [0, 0.05) is 22.4 Å². The first-order valence-corrected chi connectivity index (χ1v) is 8.65. The molecule has 0 heterocycles. The minimum atomic E-state index is -0.164. The Labute approximate surface area is 150 Å². The summed E-state index contributed by atoms with van der Waals surface area (Å²) in [5, 5.41) is 14.1. The number of para-hydroxylation sites is 1. The number of phenols is 1. The zero-order valence-corrected chi connectivity index (χ0v) is 16.2. The highest BCUT2D eigenvalue weighted by molar-refractivity contribution is 7.81. The van der Waals surface area contributed by atoms with Crippen LogP contribution in [-0.4, -0.2) is 10.1 Å². The quantitative estimate of drug-likeness (QED) is 0.680. The monoisotopic (exact) mass is 341 g/mol. The third-order valence-electron chi connectivity index (χ3n) is 4.02. The van der Waals surface area contributed by atoms with Gasteiger partial charge in [0.2, 0.25) is 0 Å². The van der Waals surface area contributed by atoms with E-state index < -0.39 is 0 Å². The van der Waals surface area contributed by atoms with Crippen LogP contribution in [0.2, 0.25) is 0 Å². The molecule has 2 nitrogen and oxygen atoms in total. The Morgan fingerprint density at radius 3 is 1.75 bits per heavy atom. The van der Waals surface area contributed by atoms with Crippen molar-refractivity contribution in [2.45, 2.75) is 52.4 Å². The largest absolute Gasteiger partial charge is 0.507 e. The van der Waals surface area contributed by atoms with Gasteiger partial charge in [0.25, 0.3) is 0 Å². The molecule has 0 saturated heterocycles. The second-order valence-electron chi connectivity index (χ2n) is 8.24. The number of hydrogen-bond acceptors (Lipinski definition) is 2. The molecule has 0 fully saturated rings. The van der Waals surface area contributed by atoms with Crippen molar-refractivity contribution in [3.05, 3.63) is 59.2 Å². The second kappa shape index (κ2) is 6.56. The Morgan fingerprint density at radius 2 is 1.33 bits per heavy atom. The molecule has 2 aromatic rings. The van der Waals surface area contributed by atoms with E-state index in [2.05, 4.69) is 46.9 Å². The number of benzene rings is 2. The number of phenolic OH excluding ortho intramolecular Hbond substituents is 1. The van der Waals surface area contributed by atoms with Crippen LogP contribution in [-0.2, 0) is 10.8 Å². The highest BCUT2D eigenvalue weighted by Gasteiger charge is 2.27. The summed E-state index contributed by atoms with van der Waals surface area (Å²) in [6, 6.07) is 13.9. The highest BCUT2D eigenvalue weighted by atomic mass is 32.1. The summed E-state index contributed by atoms with van der Waals surface area (Å²) in [6.45, 7) is 12.6. The number of hydrogen-bond donors (Lipinski definition) is 2. The van der Waals surface area contributed by atoms with Gasteiger partial charge in [-0.3, -0.25) is 0 Å². The van der Waals surface area contributed by atoms with Crippen molar-refractivity contribution in [1.29, 1.82) is 0 Å². The van der Waals surface area contributed by atoms with Crippen LogP contribution >= 0.6 is 12.2 Å². The number of thiocarbonyl (C=S) groups is 1. The molecule has 2 aromatic carbocycles. The fraction of sp³-hybridized carbons (Fsp3) is 0.381. The molecule has 3 heteroatoms. The number of rotatable bonds is 2. The molecule has 0 bridgehead atoms. The van der Waals surface area contributed by atoms with E-state index in [0.29, 0.717) is 10.7 Å². The van der Waals surface area contributed by atoms with Crippen LogP contribution in [0.3, 0.4) is 0 Å². The lowest BCUT2D eigenvalue weighted by Crippen LogP contribution is -2.20. The first-order valence-electron chi connectivity index (χ1n) is 8.24. The summed E-state index contributed by atoms with van der Waals surface area (Å²) >= 11 is 5.62. The van der Waals surface area contributed by atoms with E-state index in [4.69, 9.17) is 12.2 Å². The molecule has 0 saturated carbocycles. The van der Waals surface area contributed by atoms with Crippen molar-refractivity contribution in [2.75, 3.05) is 5.32 Å². The van der Waals surface area contributed by atoms with Gasteiger partial charge < -0.3 is 10.4 Å². The standard InChI is InChI=1S/C21H27NOS/c1-20(2,3)16-12-14(13-17(18(16)23)21(4,5)6)19(24)22-15-10-8-7-9-11-15/h7-13,23H,1-6H3,(H,22,24). The van der Waals surface area contributed by atoms with Gasteiger partial charge in [-0.25, -0.2) is 0 Å². The van der Waals surface area contributed by atoms with Crippen LogP contribution in [0, 0.1) is 0 Å². The maximum absolute atomic E-state index is 10.8. The molecule has 0 unspecified atom stereocenters. The van der Waals surface area contributed by atoms with Crippen molar-refractivity contribution in [1.82, 2.24) is 0 Å². The molecule has 0 spiro atoms. The van der Waals surface area contributed by atoms with Crippen molar-refractivity contribution < 1.29 is 5.11 Å². The van der Waals surface area contributed by atoms with E-state index in [-0.39, 0.29) is 10.8 Å². The predicted molar refractivity (Wildman–Crippen MR) is 107 cm³/mol. The molecule has 0 aliphatic carbocycles. The normalized spacial score (nSPS) is 12.1. The molecular weight excluding hydrogens is 314 g/mol. The summed E-state index contributed by atoms with van der Waals surface area (Å²) in [5.74, 6) is 0.376. The fourth-order valence-electron chi connectivity index (χ4n) is 2.63. The van der Waals surface area contributed by atoms with Crippen molar-refractivity contribution in [2.24, 2.45) is 0 Å². The zero-order chi connectivity index (χ0) is 18.1. The summed E-state index contributed by atoms with van der Waals surface area (Å²) in [5.41, 5.74) is 3.40. The molecule has 0 atom stereocenters. The van der Waals surface area contributed by atoms with Gasteiger partial charge in [-0.1, -0.05) is 72.0 Å². The second-order valence-corrected chi connectivity index (χ2v) is 8.65. The summed E-state index contributed by atoms with van der Waals surface area (Å²) < 4.78 is 0. The molecule has 2 rings (SSSR count). The van der Waals surface area contributed by atoms with Gasteiger partial charge in [-0.05, 0) is 35.1 Å². The lowest BCUT2D eigenvalue weighted by molar-refractivity contribution is 0.423. The van der Waals surface area contributed by atoms with Crippen molar-refractivity contribution in [3.8, 4) is 5.75 Å². The smallest absolute Gasteiger partial charge is 0.123 e. The zero-order valence-electron chi connectivity index (χ0n) is 15.4. The Balaban J connectivity index is 2.52. The molecule has 0 aromatic heterocycles. The summed E-state index contributed by atoms with van der Waals surface area (Å²) in [7, 11) is 0. The topological polar surface area (TPSA) is 32.3 Å². The van der Waals surface area contributed by atoms with E-state index in [1.165, 1.54) is 0 Å². The minimum absolute atomic E-state index is 0.164. The van der Waals surface area contributed by atoms with Crippen LogP contribution in [0.4, 0.5) is 5.69 Å². The highest BCUT2D eigenvalue weighted by Crippen LogP contribution is 2.39. The number of aromatic hydroxyl groups is 1. The average Bonchev–Trinajstić information content (AvgIpc) is 2.46. The Morgan fingerprint density at radius 1 is 0.875 bits per heavy atom. The molecule has 0 radical (unpaired) electrons. The van der Waals surface area contributed by atoms with Gasteiger partial charge in [0.15, 0.2) is 0 Å². The first kappa shape index (κ1) is 18.5. The van der Waals surface area contributed by atoms with E-state index in [1.807, 2.05) is 42.5 Å². The maximum Gasteiger partial charge on any atom is 0.123 e. The lowest BCUT2D eigenvalue weighted by Gasteiger charge is -2.28. The van der Waals surface area contributed by atoms with E-state index in [1.54, 1.807) is 0 Å². The van der Waals surface area contributed by atoms with Crippen LogP contribution < -0.4 is 5.32 Å². The van der Waals surface area contributed by atoms with E-state index >= 15 is 0 Å². The Kier molecular flexibility index (Phi) is 5.05.